The summed E-state index contributed by atoms with van der Waals surface area (Å²) < 4.78 is 14.0. The summed E-state index contributed by atoms with van der Waals surface area (Å²) in [6, 6.07) is 0. The maximum absolute atomic E-state index is 12.8. The van der Waals surface area contributed by atoms with Crippen LogP contribution in [0.1, 0.15) is 32.6 Å². The lowest BCUT2D eigenvalue weighted by Crippen LogP contribution is -2.31. The number of nitrogens with zero attached hydrogens (tertiary/aromatic N) is 1. The highest BCUT2D eigenvalue weighted by Gasteiger charge is 2.02. The first-order valence-corrected chi connectivity index (χ1v) is 5.14. The van der Waals surface area contributed by atoms with E-state index in [1.807, 2.05) is 4.98 Å². The van der Waals surface area contributed by atoms with E-state index >= 15 is 0 Å². The summed E-state index contributed by atoms with van der Waals surface area (Å²) in [6.45, 7) is 2.54. The van der Waals surface area contributed by atoms with Gasteiger partial charge in [0.1, 0.15) is 0 Å². The quantitative estimate of drug-likeness (QED) is 0.750. The highest BCUT2D eigenvalue weighted by molar-refractivity contribution is 4.86. The molecule has 0 aliphatic carbocycles. The van der Waals surface area contributed by atoms with Crippen molar-refractivity contribution in [3.63, 3.8) is 0 Å². The van der Waals surface area contributed by atoms with E-state index in [0.717, 1.165) is 31.9 Å². The van der Waals surface area contributed by atoms with Crippen molar-refractivity contribution in [1.82, 2.24) is 9.55 Å². The Morgan fingerprint density at radius 2 is 2.07 bits per heavy atom. The second-order valence-corrected chi connectivity index (χ2v) is 3.49. The predicted molar refractivity (Wildman–Crippen MR) is 55.4 cm³/mol. The van der Waals surface area contributed by atoms with Crippen molar-refractivity contribution < 1.29 is 4.39 Å². The number of hydrogen-bond acceptors (Lipinski definition) is 2. The Kier molecular flexibility index (Phi) is 4.27. The average Bonchev–Trinajstić information content (AvgIpc) is 2.20. The van der Waals surface area contributed by atoms with Crippen LogP contribution in [0.5, 0.6) is 0 Å². The molecule has 1 heterocycles. The smallest absolute Gasteiger partial charge is 0.298 e. The Hall–Kier alpha value is -1.39. The van der Waals surface area contributed by atoms with Gasteiger partial charge in [0.25, 0.3) is 5.56 Å². The summed E-state index contributed by atoms with van der Waals surface area (Å²) >= 11 is 0. The number of hydrogen-bond donors (Lipinski definition) is 1. The SMILES string of the molecule is CCCCCCn1cc(F)c(=O)[nH]c1=O. The van der Waals surface area contributed by atoms with E-state index in [1.54, 1.807) is 0 Å². The number of aromatic amines is 1. The van der Waals surface area contributed by atoms with Crippen molar-refractivity contribution >= 4 is 0 Å². The van der Waals surface area contributed by atoms with Gasteiger partial charge in [0, 0.05) is 6.54 Å². The van der Waals surface area contributed by atoms with Crippen molar-refractivity contribution in [2.45, 2.75) is 39.2 Å². The van der Waals surface area contributed by atoms with Gasteiger partial charge in [0.2, 0.25) is 5.82 Å². The van der Waals surface area contributed by atoms with Gasteiger partial charge < -0.3 is 0 Å². The van der Waals surface area contributed by atoms with E-state index in [4.69, 9.17) is 0 Å². The maximum Gasteiger partial charge on any atom is 0.328 e. The Morgan fingerprint density at radius 3 is 2.73 bits per heavy atom. The molecule has 0 atom stereocenters. The summed E-state index contributed by atoms with van der Waals surface area (Å²) in [6.07, 6.45) is 4.99. The van der Waals surface area contributed by atoms with Gasteiger partial charge >= 0.3 is 5.69 Å². The first kappa shape index (κ1) is 11.7. The Labute approximate surface area is 86.8 Å². The van der Waals surface area contributed by atoms with Crippen LogP contribution in [0.25, 0.3) is 0 Å². The molecule has 0 fully saturated rings. The normalized spacial score (nSPS) is 10.5. The lowest BCUT2D eigenvalue weighted by atomic mass is 10.2. The molecule has 0 saturated heterocycles. The molecule has 1 aromatic heterocycles. The van der Waals surface area contributed by atoms with Gasteiger partial charge in [-0.1, -0.05) is 26.2 Å². The maximum atomic E-state index is 12.8. The third kappa shape index (κ3) is 3.34. The molecule has 1 rings (SSSR count). The summed E-state index contributed by atoms with van der Waals surface area (Å²) in [5.41, 5.74) is -1.50. The van der Waals surface area contributed by atoms with Gasteiger partial charge in [0.05, 0.1) is 6.20 Å². The van der Waals surface area contributed by atoms with E-state index in [1.165, 1.54) is 4.57 Å². The Balaban J connectivity index is 2.66. The standard InChI is InChI=1S/C10H15FN2O2/c1-2-3-4-5-6-13-7-8(11)9(14)12-10(13)15/h7H,2-6H2,1H3,(H,12,14,15). The van der Waals surface area contributed by atoms with Gasteiger partial charge in [0.15, 0.2) is 0 Å². The van der Waals surface area contributed by atoms with Crippen LogP contribution >= 0.6 is 0 Å². The Morgan fingerprint density at radius 1 is 1.33 bits per heavy atom. The molecular formula is C10H15FN2O2. The van der Waals surface area contributed by atoms with Gasteiger partial charge in [-0.15, -0.1) is 0 Å². The molecule has 15 heavy (non-hydrogen) atoms. The van der Waals surface area contributed by atoms with Gasteiger partial charge in [-0.25, -0.2) is 4.79 Å². The van der Waals surface area contributed by atoms with Crippen LogP contribution < -0.4 is 11.2 Å². The minimum atomic E-state index is -0.954. The molecule has 0 saturated carbocycles. The lowest BCUT2D eigenvalue weighted by molar-refractivity contribution is 0.521. The molecule has 1 aromatic rings. The van der Waals surface area contributed by atoms with Crippen LogP contribution in [0.2, 0.25) is 0 Å². The molecule has 4 nitrogen and oxygen atoms in total. The molecule has 0 unspecified atom stereocenters. The number of aryl methyl sites for hydroxylation is 1. The second kappa shape index (κ2) is 5.48. The molecule has 0 aromatic carbocycles. The van der Waals surface area contributed by atoms with Crippen LogP contribution in [0.15, 0.2) is 15.8 Å². The molecular weight excluding hydrogens is 199 g/mol. The van der Waals surface area contributed by atoms with Crippen molar-refractivity contribution in [3.8, 4) is 0 Å². The van der Waals surface area contributed by atoms with E-state index < -0.39 is 17.1 Å². The highest BCUT2D eigenvalue weighted by Crippen LogP contribution is 2.00. The van der Waals surface area contributed by atoms with Gasteiger partial charge in [-0.3, -0.25) is 14.3 Å². The van der Waals surface area contributed by atoms with Gasteiger partial charge in [-0.2, -0.15) is 4.39 Å². The van der Waals surface area contributed by atoms with Crippen LogP contribution in [0, 0.1) is 5.82 Å². The zero-order valence-electron chi connectivity index (χ0n) is 8.75. The molecule has 0 aliphatic heterocycles. The van der Waals surface area contributed by atoms with E-state index in [-0.39, 0.29) is 0 Å². The van der Waals surface area contributed by atoms with Crippen LogP contribution in [0.3, 0.4) is 0 Å². The highest BCUT2D eigenvalue weighted by atomic mass is 19.1. The van der Waals surface area contributed by atoms with Crippen molar-refractivity contribution in [3.05, 3.63) is 32.9 Å². The van der Waals surface area contributed by atoms with E-state index in [2.05, 4.69) is 6.92 Å². The average molecular weight is 214 g/mol. The summed E-state index contributed by atoms with van der Waals surface area (Å²) in [7, 11) is 0. The molecule has 84 valence electrons. The van der Waals surface area contributed by atoms with Gasteiger partial charge in [-0.05, 0) is 6.42 Å². The number of unbranched alkanes of at least 4 members (excludes halogenated alkanes) is 3. The van der Waals surface area contributed by atoms with Crippen LogP contribution in [0.4, 0.5) is 4.39 Å². The molecule has 0 radical (unpaired) electrons. The number of halogens is 1. The third-order valence-corrected chi connectivity index (χ3v) is 2.22. The third-order valence-electron chi connectivity index (χ3n) is 2.22. The van der Waals surface area contributed by atoms with E-state index in [0.29, 0.717) is 6.54 Å². The molecule has 0 spiro atoms. The molecule has 0 aliphatic rings. The monoisotopic (exact) mass is 214 g/mol. The number of rotatable bonds is 5. The zero-order chi connectivity index (χ0) is 11.3. The van der Waals surface area contributed by atoms with Crippen molar-refractivity contribution in [2.24, 2.45) is 0 Å². The Bertz CT molecular complexity index is 422. The lowest BCUT2D eigenvalue weighted by Gasteiger charge is -2.03. The largest absolute Gasteiger partial charge is 0.328 e. The topological polar surface area (TPSA) is 54.9 Å². The molecule has 0 bridgehead atoms. The summed E-state index contributed by atoms with van der Waals surface area (Å²) in [5.74, 6) is -0.912. The summed E-state index contributed by atoms with van der Waals surface area (Å²) in [4.78, 5) is 23.8. The van der Waals surface area contributed by atoms with Crippen LogP contribution in [-0.4, -0.2) is 9.55 Å². The number of aromatic nitrogens is 2. The predicted octanol–water partition coefficient (Wildman–Crippen LogP) is 1.26. The number of H-pyrrole nitrogens is 1. The fourth-order valence-corrected chi connectivity index (χ4v) is 1.36. The first-order chi connectivity index (χ1) is 7.15. The van der Waals surface area contributed by atoms with E-state index in [9.17, 15) is 14.0 Å². The molecule has 5 heteroatoms. The summed E-state index contributed by atoms with van der Waals surface area (Å²) in [5, 5.41) is 0. The first-order valence-electron chi connectivity index (χ1n) is 5.14. The second-order valence-electron chi connectivity index (χ2n) is 3.49. The van der Waals surface area contributed by atoms with Crippen molar-refractivity contribution in [1.29, 1.82) is 0 Å². The van der Waals surface area contributed by atoms with Crippen LogP contribution in [-0.2, 0) is 6.54 Å². The minimum Gasteiger partial charge on any atom is -0.298 e. The molecule has 0 amide bonds. The molecule has 1 N–H and O–H groups in total. The zero-order valence-corrected chi connectivity index (χ0v) is 8.75. The fourth-order valence-electron chi connectivity index (χ4n) is 1.36. The minimum absolute atomic E-state index is 0.451. The van der Waals surface area contributed by atoms with Crippen molar-refractivity contribution in [2.75, 3.05) is 0 Å². The number of nitrogens with one attached hydrogen (secondary N) is 1. The fraction of sp³-hybridized carbons (Fsp3) is 0.600.